The van der Waals surface area contributed by atoms with Crippen molar-refractivity contribution < 1.29 is 14.7 Å². The number of amides is 1. The monoisotopic (exact) mass is 195 g/mol. The number of nitrogens with zero attached hydrogens (tertiary/aromatic N) is 1. The highest BCUT2D eigenvalue weighted by molar-refractivity contribution is 5.85. The van der Waals surface area contributed by atoms with E-state index in [2.05, 4.69) is 5.92 Å². The van der Waals surface area contributed by atoms with Crippen molar-refractivity contribution >= 4 is 11.9 Å². The van der Waals surface area contributed by atoms with Crippen molar-refractivity contribution in [3.05, 3.63) is 0 Å². The number of rotatable bonds is 3. The van der Waals surface area contributed by atoms with Gasteiger partial charge in [0.25, 0.3) is 0 Å². The molecule has 1 aliphatic heterocycles. The van der Waals surface area contributed by atoms with Gasteiger partial charge < -0.3 is 10.0 Å². The average molecular weight is 195 g/mol. The lowest BCUT2D eigenvalue weighted by Gasteiger charge is -2.22. The van der Waals surface area contributed by atoms with Crippen LogP contribution in [-0.4, -0.2) is 34.5 Å². The molecule has 1 amide bonds. The molecule has 0 bridgehead atoms. The van der Waals surface area contributed by atoms with Crippen molar-refractivity contribution in [3.63, 3.8) is 0 Å². The molecule has 1 rings (SSSR count). The lowest BCUT2D eigenvalue weighted by Crippen LogP contribution is -2.41. The van der Waals surface area contributed by atoms with Gasteiger partial charge in [-0.25, -0.2) is 4.79 Å². The summed E-state index contributed by atoms with van der Waals surface area (Å²) in [6.07, 6.45) is 5.89. The van der Waals surface area contributed by atoms with E-state index in [-0.39, 0.29) is 18.2 Å². The van der Waals surface area contributed by atoms with Gasteiger partial charge in [-0.3, -0.25) is 4.79 Å². The second kappa shape index (κ2) is 4.14. The van der Waals surface area contributed by atoms with E-state index in [0.29, 0.717) is 13.0 Å². The molecule has 1 heterocycles. The Balaban J connectivity index is 2.74. The van der Waals surface area contributed by atoms with Crippen molar-refractivity contribution in [1.29, 1.82) is 0 Å². The predicted octanol–water partition coefficient (Wildman–Crippen LogP) is 0.331. The summed E-state index contributed by atoms with van der Waals surface area (Å²) in [5.74, 6) is 1.25. The molecule has 2 atom stereocenters. The molecular weight excluding hydrogens is 182 g/mol. The van der Waals surface area contributed by atoms with Crippen LogP contribution in [0.4, 0.5) is 0 Å². The highest BCUT2D eigenvalue weighted by Gasteiger charge is 2.35. The van der Waals surface area contributed by atoms with Gasteiger partial charge in [0, 0.05) is 18.9 Å². The molecular formula is C10H13NO3. The molecule has 1 saturated heterocycles. The summed E-state index contributed by atoms with van der Waals surface area (Å²) in [5, 5.41) is 8.86. The molecule has 0 spiro atoms. The van der Waals surface area contributed by atoms with Crippen LogP contribution in [0.5, 0.6) is 0 Å². The molecule has 1 fully saturated rings. The number of hydrogen-bond acceptors (Lipinski definition) is 2. The average Bonchev–Trinajstić information content (AvgIpc) is 2.48. The van der Waals surface area contributed by atoms with Crippen LogP contribution in [0.2, 0.25) is 0 Å². The van der Waals surface area contributed by atoms with E-state index in [9.17, 15) is 9.59 Å². The largest absolute Gasteiger partial charge is 0.480 e. The van der Waals surface area contributed by atoms with Crippen LogP contribution in [-0.2, 0) is 9.59 Å². The third-order valence-corrected chi connectivity index (χ3v) is 2.44. The fourth-order valence-corrected chi connectivity index (χ4v) is 1.67. The molecule has 0 aromatic carbocycles. The van der Waals surface area contributed by atoms with Gasteiger partial charge in [-0.05, 0) is 6.42 Å². The van der Waals surface area contributed by atoms with E-state index in [1.807, 2.05) is 0 Å². The lowest BCUT2D eigenvalue weighted by atomic mass is 10.1. The molecule has 0 saturated carbocycles. The zero-order valence-electron chi connectivity index (χ0n) is 8.06. The first kappa shape index (κ1) is 10.6. The Bertz CT molecular complexity index is 292. The predicted molar refractivity (Wildman–Crippen MR) is 50.4 cm³/mol. The van der Waals surface area contributed by atoms with E-state index >= 15 is 0 Å². The minimum Gasteiger partial charge on any atom is -0.480 e. The molecule has 1 aliphatic rings. The second-order valence-corrected chi connectivity index (χ2v) is 3.38. The standard InChI is InChI=1S/C10H13NO3/c1-3-7-5-9(12)11(6-7)8(4-2)10(13)14/h1,7-8H,4-6H2,2H3,(H,13,14)/t7?,8-/m0/s1. The van der Waals surface area contributed by atoms with Gasteiger partial charge >= 0.3 is 5.97 Å². The quantitative estimate of drug-likeness (QED) is 0.660. The highest BCUT2D eigenvalue weighted by Crippen LogP contribution is 2.20. The first-order chi connectivity index (χ1) is 6.60. The van der Waals surface area contributed by atoms with Crippen LogP contribution < -0.4 is 0 Å². The van der Waals surface area contributed by atoms with Gasteiger partial charge in [0.05, 0.1) is 0 Å². The molecule has 0 radical (unpaired) electrons. The fraction of sp³-hybridized carbons (Fsp3) is 0.600. The Hall–Kier alpha value is -1.50. The number of carbonyl (C=O) groups excluding carboxylic acids is 1. The third kappa shape index (κ3) is 1.87. The maximum Gasteiger partial charge on any atom is 0.326 e. The zero-order valence-corrected chi connectivity index (χ0v) is 8.06. The number of terminal acetylenes is 1. The molecule has 0 aromatic heterocycles. The smallest absolute Gasteiger partial charge is 0.326 e. The first-order valence-electron chi connectivity index (χ1n) is 4.58. The van der Waals surface area contributed by atoms with E-state index in [1.165, 1.54) is 4.90 Å². The molecule has 1 N–H and O–H groups in total. The summed E-state index contributed by atoms with van der Waals surface area (Å²) in [7, 11) is 0. The van der Waals surface area contributed by atoms with Crippen molar-refractivity contribution in [2.24, 2.45) is 5.92 Å². The van der Waals surface area contributed by atoms with Crippen LogP contribution in [0, 0.1) is 18.3 Å². The van der Waals surface area contributed by atoms with Crippen LogP contribution in [0.15, 0.2) is 0 Å². The van der Waals surface area contributed by atoms with E-state index in [0.717, 1.165) is 0 Å². The van der Waals surface area contributed by atoms with Gasteiger partial charge in [0.1, 0.15) is 6.04 Å². The van der Waals surface area contributed by atoms with Crippen LogP contribution in [0.1, 0.15) is 19.8 Å². The van der Waals surface area contributed by atoms with Gasteiger partial charge in [-0.2, -0.15) is 0 Å². The van der Waals surface area contributed by atoms with Crippen molar-refractivity contribution in [2.75, 3.05) is 6.54 Å². The van der Waals surface area contributed by atoms with Crippen LogP contribution in [0.25, 0.3) is 0 Å². The topological polar surface area (TPSA) is 57.6 Å². The Morgan fingerprint density at radius 2 is 2.50 bits per heavy atom. The van der Waals surface area contributed by atoms with Crippen LogP contribution >= 0.6 is 0 Å². The number of carbonyl (C=O) groups is 2. The SMILES string of the molecule is C#CC1CC(=O)N([C@@H](CC)C(=O)O)C1. The molecule has 76 valence electrons. The molecule has 1 unspecified atom stereocenters. The third-order valence-electron chi connectivity index (χ3n) is 2.44. The highest BCUT2D eigenvalue weighted by atomic mass is 16.4. The zero-order chi connectivity index (χ0) is 10.7. The normalized spacial score (nSPS) is 23.3. The van der Waals surface area contributed by atoms with Crippen molar-refractivity contribution in [3.8, 4) is 12.3 Å². The molecule has 0 aliphatic carbocycles. The molecule has 4 nitrogen and oxygen atoms in total. The minimum atomic E-state index is -0.960. The van der Waals surface area contributed by atoms with Gasteiger partial charge in [0.2, 0.25) is 5.91 Å². The summed E-state index contributed by atoms with van der Waals surface area (Å²) in [6, 6.07) is -0.721. The van der Waals surface area contributed by atoms with Gasteiger partial charge in [0.15, 0.2) is 0 Å². The van der Waals surface area contributed by atoms with E-state index in [1.54, 1.807) is 6.92 Å². The number of carboxylic acid groups (broad SMARTS) is 1. The van der Waals surface area contributed by atoms with Gasteiger partial charge in [-0.15, -0.1) is 12.3 Å². The number of aliphatic carboxylic acids is 1. The molecule has 0 aromatic rings. The Morgan fingerprint density at radius 3 is 2.86 bits per heavy atom. The van der Waals surface area contributed by atoms with Gasteiger partial charge in [-0.1, -0.05) is 6.92 Å². The summed E-state index contributed by atoms with van der Waals surface area (Å²) in [4.78, 5) is 23.6. The minimum absolute atomic E-state index is 0.129. The Kier molecular flexibility index (Phi) is 3.13. The second-order valence-electron chi connectivity index (χ2n) is 3.38. The maximum absolute atomic E-state index is 11.4. The lowest BCUT2D eigenvalue weighted by molar-refractivity contribution is -0.148. The van der Waals surface area contributed by atoms with Crippen LogP contribution in [0.3, 0.4) is 0 Å². The van der Waals surface area contributed by atoms with E-state index in [4.69, 9.17) is 11.5 Å². The number of hydrogen-bond donors (Lipinski definition) is 1. The summed E-state index contributed by atoms with van der Waals surface area (Å²) in [6.45, 7) is 2.12. The Morgan fingerprint density at radius 1 is 1.86 bits per heavy atom. The first-order valence-corrected chi connectivity index (χ1v) is 4.58. The maximum atomic E-state index is 11.4. The molecule has 14 heavy (non-hydrogen) atoms. The summed E-state index contributed by atoms with van der Waals surface area (Å²) in [5.41, 5.74) is 0. The summed E-state index contributed by atoms with van der Waals surface area (Å²) >= 11 is 0. The fourth-order valence-electron chi connectivity index (χ4n) is 1.67. The van der Waals surface area contributed by atoms with E-state index < -0.39 is 12.0 Å². The number of likely N-dealkylation sites (tertiary alicyclic amines) is 1. The molecule has 4 heteroatoms. The van der Waals surface area contributed by atoms with Crippen molar-refractivity contribution in [2.45, 2.75) is 25.8 Å². The number of carboxylic acids is 1. The van der Waals surface area contributed by atoms with Crippen molar-refractivity contribution in [1.82, 2.24) is 4.90 Å². The Labute approximate surface area is 82.9 Å². The summed E-state index contributed by atoms with van der Waals surface area (Å²) < 4.78 is 0.